The third-order valence-electron chi connectivity index (χ3n) is 4.02. The summed E-state index contributed by atoms with van der Waals surface area (Å²) in [6.07, 6.45) is 0. The third-order valence-corrected chi connectivity index (χ3v) is 6.50. The van der Waals surface area contributed by atoms with Crippen molar-refractivity contribution >= 4 is 68.1 Å². The first-order valence-corrected chi connectivity index (χ1v) is 11.1. The van der Waals surface area contributed by atoms with Gasteiger partial charge >= 0.3 is 0 Å². The number of rotatable bonds is 5. The molecule has 0 radical (unpaired) electrons. The summed E-state index contributed by atoms with van der Waals surface area (Å²) in [5, 5.41) is 5.85. The van der Waals surface area contributed by atoms with Crippen LogP contribution in [-0.2, 0) is 4.79 Å². The van der Waals surface area contributed by atoms with Crippen molar-refractivity contribution in [3.63, 3.8) is 0 Å². The number of benzene rings is 2. The standard InChI is InChI=1S/C20H13Cl2N3O2S2/c21-12-5-1-3-7-14(12)23-17(26)11-29-20-24-15-9-10-28-18(15)19(27)25(20)16-8-4-2-6-13(16)22/h1-10H,11H2,(H,23,26). The Morgan fingerprint density at radius 2 is 1.79 bits per heavy atom. The molecule has 0 aliphatic heterocycles. The normalized spacial score (nSPS) is 11.0. The first kappa shape index (κ1) is 20.0. The Bertz CT molecular complexity index is 1270. The molecule has 0 fully saturated rings. The molecule has 0 atom stereocenters. The average molecular weight is 462 g/mol. The minimum absolute atomic E-state index is 0.0533. The molecule has 0 unspecified atom stereocenters. The van der Waals surface area contributed by atoms with Gasteiger partial charge in [0.25, 0.3) is 5.56 Å². The molecule has 0 saturated carbocycles. The highest BCUT2D eigenvalue weighted by molar-refractivity contribution is 7.99. The molecule has 2 aromatic heterocycles. The quantitative estimate of drug-likeness (QED) is 0.315. The Labute approximate surface area is 184 Å². The molecular weight excluding hydrogens is 449 g/mol. The molecular formula is C20H13Cl2N3O2S2. The molecule has 29 heavy (non-hydrogen) atoms. The lowest BCUT2D eigenvalue weighted by atomic mass is 10.3. The zero-order chi connectivity index (χ0) is 20.4. The second-order valence-corrected chi connectivity index (χ2v) is 8.61. The summed E-state index contributed by atoms with van der Waals surface area (Å²) in [7, 11) is 0. The van der Waals surface area contributed by atoms with Crippen LogP contribution in [0.5, 0.6) is 0 Å². The van der Waals surface area contributed by atoms with Crippen molar-refractivity contribution in [1.82, 2.24) is 9.55 Å². The van der Waals surface area contributed by atoms with Crippen molar-refractivity contribution < 1.29 is 4.79 Å². The third kappa shape index (κ3) is 4.18. The van der Waals surface area contributed by atoms with Gasteiger partial charge < -0.3 is 5.32 Å². The van der Waals surface area contributed by atoms with Crippen molar-refractivity contribution in [2.45, 2.75) is 5.16 Å². The van der Waals surface area contributed by atoms with Crippen LogP contribution in [0, 0.1) is 0 Å². The first-order chi connectivity index (χ1) is 14.0. The second kappa shape index (κ2) is 8.59. The van der Waals surface area contributed by atoms with E-state index in [4.69, 9.17) is 23.2 Å². The van der Waals surface area contributed by atoms with Crippen molar-refractivity contribution in [3.05, 3.63) is 80.4 Å². The zero-order valence-corrected chi connectivity index (χ0v) is 17.9. The van der Waals surface area contributed by atoms with Crippen LogP contribution in [0.25, 0.3) is 15.9 Å². The minimum Gasteiger partial charge on any atom is -0.324 e. The maximum absolute atomic E-state index is 13.1. The lowest BCUT2D eigenvalue weighted by molar-refractivity contribution is -0.113. The SMILES string of the molecule is O=C(CSc1nc2ccsc2c(=O)n1-c1ccccc1Cl)Nc1ccccc1Cl. The molecule has 2 heterocycles. The lowest BCUT2D eigenvalue weighted by Crippen LogP contribution is -2.22. The smallest absolute Gasteiger partial charge is 0.276 e. The summed E-state index contributed by atoms with van der Waals surface area (Å²) in [5.74, 6) is -0.203. The molecule has 146 valence electrons. The maximum Gasteiger partial charge on any atom is 0.276 e. The van der Waals surface area contributed by atoms with Crippen LogP contribution in [0.15, 0.2) is 69.9 Å². The highest BCUT2D eigenvalue weighted by Gasteiger charge is 2.17. The molecule has 4 aromatic rings. The van der Waals surface area contributed by atoms with Gasteiger partial charge in [-0.2, -0.15) is 0 Å². The van der Waals surface area contributed by atoms with E-state index in [0.717, 1.165) is 11.8 Å². The summed E-state index contributed by atoms with van der Waals surface area (Å²) in [6, 6.07) is 15.8. The number of thioether (sulfide) groups is 1. The van der Waals surface area contributed by atoms with Crippen LogP contribution in [0.1, 0.15) is 0 Å². The number of aromatic nitrogens is 2. The highest BCUT2D eigenvalue weighted by atomic mass is 35.5. The summed E-state index contributed by atoms with van der Waals surface area (Å²) in [6.45, 7) is 0. The topological polar surface area (TPSA) is 64.0 Å². The predicted molar refractivity (Wildman–Crippen MR) is 121 cm³/mol. The van der Waals surface area contributed by atoms with Crippen molar-refractivity contribution in [2.24, 2.45) is 0 Å². The summed E-state index contributed by atoms with van der Waals surface area (Å²) < 4.78 is 1.99. The Balaban J connectivity index is 1.67. The van der Waals surface area contributed by atoms with Crippen molar-refractivity contribution in [3.8, 4) is 5.69 Å². The van der Waals surface area contributed by atoms with Crippen LogP contribution in [-0.4, -0.2) is 21.2 Å². The van der Waals surface area contributed by atoms with Crippen LogP contribution in [0.3, 0.4) is 0 Å². The first-order valence-electron chi connectivity index (χ1n) is 8.47. The fraction of sp³-hybridized carbons (Fsp3) is 0.0500. The number of carbonyl (C=O) groups excluding carboxylic acids is 1. The number of carbonyl (C=O) groups is 1. The van der Waals surface area contributed by atoms with E-state index in [1.54, 1.807) is 54.6 Å². The van der Waals surface area contributed by atoms with Crippen molar-refractivity contribution in [2.75, 3.05) is 11.1 Å². The molecule has 0 spiro atoms. The van der Waals surface area contributed by atoms with E-state index >= 15 is 0 Å². The van der Waals surface area contributed by atoms with Gasteiger partial charge in [-0.15, -0.1) is 11.3 Å². The summed E-state index contributed by atoms with van der Waals surface area (Å²) in [5.41, 5.74) is 1.44. The van der Waals surface area contributed by atoms with Gasteiger partial charge in [0.2, 0.25) is 5.91 Å². The molecule has 5 nitrogen and oxygen atoms in total. The van der Waals surface area contributed by atoms with E-state index in [-0.39, 0.29) is 17.2 Å². The van der Waals surface area contributed by atoms with E-state index in [1.165, 1.54) is 15.9 Å². The molecule has 4 rings (SSSR count). The van der Waals surface area contributed by atoms with Gasteiger partial charge in [0.15, 0.2) is 5.16 Å². The molecule has 0 aliphatic carbocycles. The number of nitrogens with one attached hydrogen (secondary N) is 1. The van der Waals surface area contributed by atoms with Crippen molar-refractivity contribution in [1.29, 1.82) is 0 Å². The minimum atomic E-state index is -0.256. The van der Waals surface area contributed by atoms with Gasteiger partial charge in [0, 0.05) is 0 Å². The zero-order valence-electron chi connectivity index (χ0n) is 14.8. The number of nitrogens with zero attached hydrogens (tertiary/aromatic N) is 2. The number of thiophene rings is 1. The average Bonchev–Trinajstić information content (AvgIpc) is 3.18. The molecule has 0 bridgehead atoms. The molecule has 1 N–H and O–H groups in total. The van der Waals surface area contributed by atoms with Crippen LogP contribution >= 0.6 is 46.3 Å². The predicted octanol–water partition coefficient (Wildman–Crippen LogP) is 5.48. The van der Waals surface area contributed by atoms with Crippen LogP contribution in [0.2, 0.25) is 10.0 Å². The number of hydrogen-bond acceptors (Lipinski definition) is 5. The second-order valence-electron chi connectivity index (χ2n) is 5.94. The molecule has 0 saturated heterocycles. The highest BCUT2D eigenvalue weighted by Crippen LogP contribution is 2.27. The lowest BCUT2D eigenvalue weighted by Gasteiger charge is -2.13. The van der Waals surface area contributed by atoms with Gasteiger partial charge in [-0.25, -0.2) is 4.98 Å². The number of amides is 1. The number of halogens is 2. The van der Waals surface area contributed by atoms with E-state index < -0.39 is 0 Å². The number of hydrogen-bond donors (Lipinski definition) is 1. The molecule has 2 aromatic carbocycles. The van der Waals surface area contributed by atoms with Crippen LogP contribution in [0.4, 0.5) is 5.69 Å². The molecule has 9 heteroatoms. The fourth-order valence-corrected chi connectivity index (χ4v) is 4.68. The van der Waals surface area contributed by atoms with Gasteiger partial charge in [-0.1, -0.05) is 59.2 Å². The van der Waals surface area contributed by atoms with Crippen LogP contribution < -0.4 is 10.9 Å². The Kier molecular flexibility index (Phi) is 5.91. The van der Waals surface area contributed by atoms with E-state index in [0.29, 0.717) is 36.8 Å². The van der Waals surface area contributed by atoms with Gasteiger partial charge in [-0.05, 0) is 35.7 Å². The maximum atomic E-state index is 13.1. The van der Waals surface area contributed by atoms with E-state index in [2.05, 4.69) is 10.3 Å². The number of fused-ring (bicyclic) bond motifs is 1. The monoisotopic (exact) mass is 461 g/mol. The van der Waals surface area contributed by atoms with Gasteiger partial charge in [0.05, 0.1) is 32.7 Å². The van der Waals surface area contributed by atoms with E-state index in [1.807, 2.05) is 5.38 Å². The number of para-hydroxylation sites is 2. The molecule has 1 amide bonds. The Morgan fingerprint density at radius 3 is 2.55 bits per heavy atom. The fourth-order valence-electron chi connectivity index (χ4n) is 2.71. The summed E-state index contributed by atoms with van der Waals surface area (Å²) >= 11 is 14.9. The van der Waals surface area contributed by atoms with Gasteiger partial charge in [-0.3, -0.25) is 14.2 Å². The Morgan fingerprint density at radius 1 is 1.07 bits per heavy atom. The molecule has 0 aliphatic rings. The number of anilines is 1. The van der Waals surface area contributed by atoms with E-state index in [9.17, 15) is 9.59 Å². The largest absolute Gasteiger partial charge is 0.324 e. The summed E-state index contributed by atoms with van der Waals surface area (Å²) in [4.78, 5) is 30.1. The Hall–Kier alpha value is -2.32. The van der Waals surface area contributed by atoms with Gasteiger partial charge in [0.1, 0.15) is 4.70 Å².